The standard InChI is InChI=1S/C17H15N5O2/c1-23-14-7-12(8-18-9-14)15-11-21-17-16(19-4-5-22(15)17)20-10-13-3-2-6-24-13/h2-9,11H,10H2,1H3,(H,19,20). The zero-order chi connectivity index (χ0) is 16.4. The Kier molecular flexibility index (Phi) is 3.59. The third kappa shape index (κ3) is 2.56. The fraction of sp³-hybridized carbons (Fsp3) is 0.118. The van der Waals surface area contributed by atoms with E-state index < -0.39 is 0 Å². The normalized spacial score (nSPS) is 10.9. The number of anilines is 1. The number of imidazole rings is 1. The monoisotopic (exact) mass is 321 g/mol. The zero-order valence-electron chi connectivity index (χ0n) is 13.0. The van der Waals surface area contributed by atoms with Gasteiger partial charge in [0, 0.05) is 24.2 Å². The van der Waals surface area contributed by atoms with Crippen molar-refractivity contribution in [1.82, 2.24) is 19.4 Å². The number of nitrogens with zero attached hydrogens (tertiary/aromatic N) is 4. The Morgan fingerprint density at radius 2 is 2.21 bits per heavy atom. The molecule has 4 aromatic heterocycles. The smallest absolute Gasteiger partial charge is 0.180 e. The maximum atomic E-state index is 5.33. The van der Waals surface area contributed by atoms with Gasteiger partial charge in [0.1, 0.15) is 11.5 Å². The van der Waals surface area contributed by atoms with Gasteiger partial charge in [-0.3, -0.25) is 9.38 Å². The highest BCUT2D eigenvalue weighted by atomic mass is 16.5. The van der Waals surface area contributed by atoms with Crippen molar-refractivity contribution in [2.45, 2.75) is 6.54 Å². The van der Waals surface area contributed by atoms with Crippen LogP contribution >= 0.6 is 0 Å². The number of hydrogen-bond donors (Lipinski definition) is 1. The molecule has 0 amide bonds. The summed E-state index contributed by atoms with van der Waals surface area (Å²) < 4.78 is 12.5. The summed E-state index contributed by atoms with van der Waals surface area (Å²) >= 11 is 0. The van der Waals surface area contributed by atoms with Gasteiger partial charge < -0.3 is 14.5 Å². The van der Waals surface area contributed by atoms with E-state index in [0.717, 1.165) is 22.7 Å². The quantitative estimate of drug-likeness (QED) is 0.609. The highest BCUT2D eigenvalue weighted by Gasteiger charge is 2.11. The summed E-state index contributed by atoms with van der Waals surface area (Å²) in [6, 6.07) is 5.69. The van der Waals surface area contributed by atoms with Gasteiger partial charge in [-0.15, -0.1) is 0 Å². The van der Waals surface area contributed by atoms with Crippen molar-refractivity contribution in [3.05, 3.63) is 61.2 Å². The number of pyridine rings is 1. The van der Waals surface area contributed by atoms with Crippen LogP contribution in [-0.4, -0.2) is 26.5 Å². The molecule has 0 bridgehead atoms. The third-order valence-corrected chi connectivity index (χ3v) is 3.68. The highest BCUT2D eigenvalue weighted by molar-refractivity contribution is 5.70. The van der Waals surface area contributed by atoms with Crippen LogP contribution in [0.1, 0.15) is 5.76 Å². The summed E-state index contributed by atoms with van der Waals surface area (Å²) in [7, 11) is 1.62. The summed E-state index contributed by atoms with van der Waals surface area (Å²) in [5, 5.41) is 3.25. The topological polar surface area (TPSA) is 77.5 Å². The third-order valence-electron chi connectivity index (χ3n) is 3.68. The Hall–Kier alpha value is -3.35. The Bertz CT molecular complexity index is 962. The summed E-state index contributed by atoms with van der Waals surface area (Å²) in [5.74, 6) is 2.23. The maximum absolute atomic E-state index is 5.33. The SMILES string of the molecule is COc1cncc(-c2cnc3c(NCc4ccco4)nccn23)c1. The molecule has 0 atom stereocenters. The minimum absolute atomic E-state index is 0.544. The van der Waals surface area contributed by atoms with Gasteiger partial charge in [0.15, 0.2) is 11.5 Å². The van der Waals surface area contributed by atoms with Gasteiger partial charge in [0.25, 0.3) is 0 Å². The number of ether oxygens (including phenoxy) is 1. The average Bonchev–Trinajstić information content (AvgIpc) is 3.29. The van der Waals surface area contributed by atoms with Gasteiger partial charge in [-0.1, -0.05) is 0 Å². The number of aromatic nitrogens is 4. The van der Waals surface area contributed by atoms with Gasteiger partial charge in [-0.25, -0.2) is 9.97 Å². The van der Waals surface area contributed by atoms with Gasteiger partial charge >= 0.3 is 0 Å². The molecular weight excluding hydrogens is 306 g/mol. The van der Waals surface area contributed by atoms with Gasteiger partial charge in [-0.2, -0.15) is 0 Å². The molecule has 1 N–H and O–H groups in total. The second-order valence-corrected chi connectivity index (χ2v) is 5.16. The number of fused-ring (bicyclic) bond motifs is 1. The molecule has 0 aliphatic carbocycles. The molecule has 0 radical (unpaired) electrons. The summed E-state index contributed by atoms with van der Waals surface area (Å²) in [6.07, 6.45) is 10.5. The Morgan fingerprint density at radius 1 is 1.25 bits per heavy atom. The summed E-state index contributed by atoms with van der Waals surface area (Å²) in [4.78, 5) is 13.1. The predicted octanol–water partition coefficient (Wildman–Crippen LogP) is 3.01. The van der Waals surface area contributed by atoms with Crippen LogP contribution in [0.25, 0.3) is 16.9 Å². The molecule has 4 aromatic rings. The Morgan fingerprint density at radius 3 is 3.04 bits per heavy atom. The first-order valence-corrected chi connectivity index (χ1v) is 7.43. The van der Waals surface area contributed by atoms with Crippen LogP contribution in [-0.2, 0) is 6.54 Å². The van der Waals surface area contributed by atoms with Crippen molar-refractivity contribution in [1.29, 1.82) is 0 Å². The highest BCUT2D eigenvalue weighted by Crippen LogP contribution is 2.25. The predicted molar refractivity (Wildman–Crippen MR) is 88.8 cm³/mol. The van der Waals surface area contributed by atoms with Gasteiger partial charge in [-0.05, 0) is 18.2 Å². The second kappa shape index (κ2) is 6.04. The van der Waals surface area contributed by atoms with E-state index in [1.807, 2.05) is 28.8 Å². The van der Waals surface area contributed by atoms with Crippen LogP contribution in [0.4, 0.5) is 5.82 Å². The first kappa shape index (κ1) is 14.3. The number of furan rings is 1. The van der Waals surface area contributed by atoms with Gasteiger partial charge in [0.05, 0.1) is 38.0 Å². The molecule has 0 spiro atoms. The number of methoxy groups -OCH3 is 1. The second-order valence-electron chi connectivity index (χ2n) is 5.16. The van der Waals surface area contributed by atoms with E-state index in [2.05, 4.69) is 20.3 Å². The number of rotatable bonds is 5. The fourth-order valence-corrected chi connectivity index (χ4v) is 2.51. The van der Waals surface area contributed by atoms with E-state index in [-0.39, 0.29) is 0 Å². The molecule has 0 saturated heterocycles. The van der Waals surface area contributed by atoms with Crippen molar-refractivity contribution in [2.24, 2.45) is 0 Å². The van der Waals surface area contributed by atoms with Crippen molar-refractivity contribution < 1.29 is 9.15 Å². The molecule has 0 saturated carbocycles. The largest absolute Gasteiger partial charge is 0.495 e. The number of hydrogen-bond acceptors (Lipinski definition) is 6. The summed E-state index contributed by atoms with van der Waals surface area (Å²) in [5.41, 5.74) is 2.58. The number of nitrogens with one attached hydrogen (secondary N) is 1. The van der Waals surface area contributed by atoms with Crippen molar-refractivity contribution in [3.8, 4) is 17.0 Å². The van der Waals surface area contributed by atoms with Crippen LogP contribution in [0.2, 0.25) is 0 Å². The molecular formula is C17H15N5O2. The van der Waals surface area contributed by atoms with Crippen LogP contribution in [0.15, 0.2) is 59.9 Å². The van der Waals surface area contributed by atoms with E-state index in [1.165, 1.54) is 0 Å². The van der Waals surface area contributed by atoms with Crippen LogP contribution in [0, 0.1) is 0 Å². The van der Waals surface area contributed by atoms with E-state index in [1.54, 1.807) is 38.2 Å². The van der Waals surface area contributed by atoms with E-state index in [9.17, 15) is 0 Å². The molecule has 0 aliphatic rings. The Balaban J connectivity index is 1.70. The molecule has 4 rings (SSSR count). The molecule has 7 heteroatoms. The van der Waals surface area contributed by atoms with Gasteiger partial charge in [0.2, 0.25) is 0 Å². The van der Waals surface area contributed by atoms with E-state index >= 15 is 0 Å². The van der Waals surface area contributed by atoms with Crippen LogP contribution in [0.5, 0.6) is 5.75 Å². The van der Waals surface area contributed by atoms with E-state index in [4.69, 9.17) is 9.15 Å². The lowest BCUT2D eigenvalue weighted by Gasteiger charge is -2.07. The zero-order valence-corrected chi connectivity index (χ0v) is 13.0. The molecule has 0 aliphatic heterocycles. The van der Waals surface area contributed by atoms with E-state index in [0.29, 0.717) is 18.1 Å². The summed E-state index contributed by atoms with van der Waals surface area (Å²) in [6.45, 7) is 0.544. The Labute approximate surface area is 138 Å². The van der Waals surface area contributed by atoms with Crippen LogP contribution in [0.3, 0.4) is 0 Å². The van der Waals surface area contributed by atoms with Crippen LogP contribution < -0.4 is 10.1 Å². The molecule has 7 nitrogen and oxygen atoms in total. The lowest BCUT2D eigenvalue weighted by Crippen LogP contribution is -2.03. The fourth-order valence-electron chi connectivity index (χ4n) is 2.51. The first-order valence-electron chi connectivity index (χ1n) is 7.43. The average molecular weight is 321 g/mol. The molecule has 0 fully saturated rings. The van der Waals surface area contributed by atoms with Crippen molar-refractivity contribution in [2.75, 3.05) is 12.4 Å². The molecule has 120 valence electrons. The lowest BCUT2D eigenvalue weighted by atomic mass is 10.2. The lowest BCUT2D eigenvalue weighted by molar-refractivity contribution is 0.413. The minimum Gasteiger partial charge on any atom is -0.495 e. The minimum atomic E-state index is 0.544. The molecule has 0 aromatic carbocycles. The molecule has 24 heavy (non-hydrogen) atoms. The molecule has 0 unspecified atom stereocenters. The van der Waals surface area contributed by atoms with Crippen molar-refractivity contribution in [3.63, 3.8) is 0 Å². The first-order chi connectivity index (χ1) is 11.8. The maximum Gasteiger partial charge on any atom is 0.180 e. The van der Waals surface area contributed by atoms with Crippen molar-refractivity contribution >= 4 is 11.5 Å². The molecule has 4 heterocycles.